The fourth-order valence-corrected chi connectivity index (χ4v) is 5.53. The van der Waals surface area contributed by atoms with Crippen LogP contribution in [-0.2, 0) is 10.2 Å². The first-order valence-corrected chi connectivity index (χ1v) is 9.56. The molecule has 3 aliphatic rings. The SMILES string of the molecule is COc1ccc([C@]23CCN(C)C2=CC2(CC3)OCCS2)cc1OC. The minimum atomic E-state index is -0.103. The van der Waals surface area contributed by atoms with Crippen molar-refractivity contribution in [2.24, 2.45) is 0 Å². The lowest BCUT2D eigenvalue weighted by Gasteiger charge is -2.41. The molecule has 1 spiro atoms. The second kappa shape index (κ2) is 5.88. The molecule has 4 nitrogen and oxygen atoms in total. The Morgan fingerprint density at radius 1 is 1.12 bits per heavy atom. The first-order chi connectivity index (χ1) is 11.6. The summed E-state index contributed by atoms with van der Waals surface area (Å²) in [6, 6.07) is 6.39. The Hall–Kier alpha value is -1.33. The lowest BCUT2D eigenvalue weighted by atomic mass is 9.70. The molecular weight excluding hydrogens is 322 g/mol. The van der Waals surface area contributed by atoms with E-state index in [2.05, 4.69) is 30.2 Å². The van der Waals surface area contributed by atoms with Gasteiger partial charge in [0, 0.05) is 30.5 Å². The Morgan fingerprint density at radius 3 is 2.67 bits per heavy atom. The van der Waals surface area contributed by atoms with E-state index in [0.29, 0.717) is 0 Å². The molecule has 1 aromatic rings. The molecule has 2 heterocycles. The van der Waals surface area contributed by atoms with Crippen molar-refractivity contribution in [3.63, 3.8) is 0 Å². The standard InChI is InChI=1S/C19H25NO3S/c1-20-9-8-18(14-4-5-15(21-2)16(12-14)22-3)6-7-19(13-17(18)20)23-10-11-24-19/h4-5,12-13H,6-11H2,1-3H3/t18-,19?/m0/s1. The number of rotatable bonds is 3. The summed E-state index contributed by atoms with van der Waals surface area (Å²) in [5.41, 5.74) is 2.82. The molecule has 1 unspecified atom stereocenters. The van der Waals surface area contributed by atoms with Crippen LogP contribution in [0.2, 0.25) is 0 Å². The molecule has 0 radical (unpaired) electrons. The molecule has 0 saturated carbocycles. The van der Waals surface area contributed by atoms with Gasteiger partial charge in [0.15, 0.2) is 11.5 Å². The smallest absolute Gasteiger partial charge is 0.161 e. The number of likely N-dealkylation sites (N-methyl/N-ethyl adjacent to an activating group) is 1. The quantitative estimate of drug-likeness (QED) is 0.836. The largest absolute Gasteiger partial charge is 0.493 e. The van der Waals surface area contributed by atoms with E-state index in [1.165, 1.54) is 11.3 Å². The highest BCUT2D eigenvalue weighted by Gasteiger charge is 2.51. The second-order valence-corrected chi connectivity index (χ2v) is 8.25. The number of likely N-dealkylation sites (tertiary alicyclic amines) is 1. The Kier molecular flexibility index (Phi) is 3.96. The molecular formula is C19H25NO3S. The van der Waals surface area contributed by atoms with Gasteiger partial charge in [-0.3, -0.25) is 0 Å². The first-order valence-electron chi connectivity index (χ1n) is 8.57. The van der Waals surface area contributed by atoms with Crippen molar-refractivity contribution >= 4 is 11.8 Å². The number of benzene rings is 1. The van der Waals surface area contributed by atoms with E-state index in [0.717, 1.165) is 49.7 Å². The van der Waals surface area contributed by atoms with Crippen LogP contribution in [0.15, 0.2) is 30.0 Å². The third-order valence-corrected chi connectivity index (χ3v) is 7.04. The Balaban J connectivity index is 1.79. The van der Waals surface area contributed by atoms with Gasteiger partial charge in [-0.25, -0.2) is 0 Å². The van der Waals surface area contributed by atoms with Crippen LogP contribution >= 0.6 is 11.8 Å². The van der Waals surface area contributed by atoms with Gasteiger partial charge in [-0.1, -0.05) is 6.07 Å². The molecule has 0 aromatic heterocycles. The highest BCUT2D eigenvalue weighted by Crippen LogP contribution is 2.55. The average molecular weight is 347 g/mol. The van der Waals surface area contributed by atoms with Crippen LogP contribution in [0.1, 0.15) is 24.8 Å². The monoisotopic (exact) mass is 347 g/mol. The number of methoxy groups -OCH3 is 2. The lowest BCUT2D eigenvalue weighted by Crippen LogP contribution is -2.38. The predicted octanol–water partition coefficient (Wildman–Crippen LogP) is 3.41. The summed E-state index contributed by atoms with van der Waals surface area (Å²) in [5.74, 6) is 2.69. The molecule has 130 valence electrons. The van der Waals surface area contributed by atoms with E-state index >= 15 is 0 Å². The van der Waals surface area contributed by atoms with Crippen LogP contribution in [0.4, 0.5) is 0 Å². The fraction of sp³-hybridized carbons (Fsp3) is 0.579. The van der Waals surface area contributed by atoms with E-state index < -0.39 is 0 Å². The van der Waals surface area contributed by atoms with Gasteiger partial charge in [0.1, 0.15) is 4.93 Å². The highest BCUT2D eigenvalue weighted by molar-refractivity contribution is 8.00. The van der Waals surface area contributed by atoms with Gasteiger partial charge in [-0.2, -0.15) is 0 Å². The molecule has 4 rings (SSSR count). The average Bonchev–Trinajstić information content (AvgIpc) is 3.21. The number of hydrogen-bond donors (Lipinski definition) is 0. The summed E-state index contributed by atoms with van der Waals surface area (Å²) in [6.45, 7) is 1.95. The minimum Gasteiger partial charge on any atom is -0.493 e. The summed E-state index contributed by atoms with van der Waals surface area (Å²) < 4.78 is 17.1. The van der Waals surface area contributed by atoms with Crippen LogP contribution in [-0.4, -0.2) is 50.0 Å². The van der Waals surface area contributed by atoms with Crippen molar-refractivity contribution < 1.29 is 14.2 Å². The molecule has 24 heavy (non-hydrogen) atoms. The van der Waals surface area contributed by atoms with E-state index in [4.69, 9.17) is 14.2 Å². The van der Waals surface area contributed by atoms with Crippen LogP contribution < -0.4 is 9.47 Å². The van der Waals surface area contributed by atoms with Gasteiger partial charge in [-0.05, 0) is 43.0 Å². The van der Waals surface area contributed by atoms with Crippen molar-refractivity contribution in [2.45, 2.75) is 29.6 Å². The summed E-state index contributed by atoms with van der Waals surface area (Å²) in [7, 11) is 5.59. The molecule has 0 amide bonds. The molecule has 2 atom stereocenters. The maximum absolute atomic E-state index is 6.12. The van der Waals surface area contributed by atoms with Crippen molar-refractivity contribution in [1.82, 2.24) is 4.90 Å². The number of nitrogens with zero attached hydrogens (tertiary/aromatic N) is 1. The second-order valence-electron chi connectivity index (χ2n) is 6.86. The molecule has 0 bridgehead atoms. The van der Waals surface area contributed by atoms with E-state index in [1.807, 2.05) is 17.8 Å². The summed E-state index contributed by atoms with van der Waals surface area (Å²) in [4.78, 5) is 2.30. The molecule has 2 aliphatic heterocycles. The third kappa shape index (κ3) is 2.32. The fourth-order valence-electron chi connectivity index (χ4n) is 4.41. The summed E-state index contributed by atoms with van der Waals surface area (Å²) >= 11 is 1.95. The summed E-state index contributed by atoms with van der Waals surface area (Å²) in [5, 5.41) is 0. The Labute approximate surface area is 148 Å². The first kappa shape index (κ1) is 16.2. The number of hydrogen-bond acceptors (Lipinski definition) is 5. The van der Waals surface area contributed by atoms with Gasteiger partial charge in [0.2, 0.25) is 0 Å². The molecule has 5 heteroatoms. The van der Waals surface area contributed by atoms with Crippen molar-refractivity contribution in [1.29, 1.82) is 0 Å². The zero-order chi connectivity index (χ0) is 16.8. The summed E-state index contributed by atoms with van der Waals surface area (Å²) in [6.07, 6.45) is 5.73. The number of ether oxygens (including phenoxy) is 3. The van der Waals surface area contributed by atoms with Gasteiger partial charge >= 0.3 is 0 Å². The Bertz CT molecular complexity index is 669. The predicted molar refractivity (Wildman–Crippen MR) is 96.9 cm³/mol. The maximum Gasteiger partial charge on any atom is 0.161 e. The van der Waals surface area contributed by atoms with Crippen LogP contribution in [0.25, 0.3) is 0 Å². The lowest BCUT2D eigenvalue weighted by molar-refractivity contribution is 0.0664. The normalized spacial score (nSPS) is 32.0. The van der Waals surface area contributed by atoms with Gasteiger partial charge < -0.3 is 19.1 Å². The number of fused-ring (bicyclic) bond motifs is 1. The zero-order valence-corrected chi connectivity index (χ0v) is 15.4. The van der Waals surface area contributed by atoms with E-state index in [1.54, 1.807) is 14.2 Å². The van der Waals surface area contributed by atoms with Gasteiger partial charge in [0.25, 0.3) is 0 Å². The van der Waals surface area contributed by atoms with Crippen LogP contribution in [0.5, 0.6) is 11.5 Å². The van der Waals surface area contributed by atoms with Crippen molar-refractivity contribution in [3.05, 3.63) is 35.5 Å². The van der Waals surface area contributed by atoms with Gasteiger partial charge in [-0.15, -0.1) is 11.8 Å². The molecule has 1 aromatic carbocycles. The molecule has 1 aliphatic carbocycles. The van der Waals surface area contributed by atoms with E-state index in [-0.39, 0.29) is 10.3 Å². The molecule has 0 N–H and O–H groups in total. The maximum atomic E-state index is 6.12. The number of allylic oxidation sites excluding steroid dienone is 1. The van der Waals surface area contributed by atoms with E-state index in [9.17, 15) is 0 Å². The van der Waals surface area contributed by atoms with Crippen LogP contribution in [0, 0.1) is 0 Å². The van der Waals surface area contributed by atoms with Crippen LogP contribution in [0.3, 0.4) is 0 Å². The van der Waals surface area contributed by atoms with Gasteiger partial charge in [0.05, 0.1) is 20.8 Å². The van der Waals surface area contributed by atoms with Crippen molar-refractivity contribution in [3.8, 4) is 11.5 Å². The molecule has 2 fully saturated rings. The Morgan fingerprint density at radius 2 is 1.96 bits per heavy atom. The topological polar surface area (TPSA) is 30.9 Å². The van der Waals surface area contributed by atoms with Crippen molar-refractivity contribution in [2.75, 3.05) is 40.2 Å². The third-order valence-electron chi connectivity index (χ3n) is 5.74. The number of thioether (sulfide) groups is 1. The minimum absolute atomic E-state index is 0.0755. The molecule has 2 saturated heterocycles. The zero-order valence-electron chi connectivity index (χ0n) is 14.6. The highest BCUT2D eigenvalue weighted by atomic mass is 32.2.